The first-order chi connectivity index (χ1) is 4.13. The van der Waals surface area contributed by atoms with E-state index in [-0.39, 0.29) is 14.7 Å². The number of hydrogen-bond donors (Lipinski definition) is 2. The van der Waals surface area contributed by atoms with Crippen molar-refractivity contribution in [2.24, 2.45) is 0 Å². The van der Waals surface area contributed by atoms with Gasteiger partial charge in [0.15, 0.2) is 8.27 Å². The molecule has 0 bridgehead atoms. The molecule has 9 heavy (non-hydrogen) atoms. The Morgan fingerprint density at radius 1 is 1.67 bits per heavy atom. The van der Waals surface area contributed by atoms with Crippen LogP contribution in [0.4, 0.5) is 0 Å². The summed E-state index contributed by atoms with van der Waals surface area (Å²) in [6.07, 6.45) is 0.293. The van der Waals surface area contributed by atoms with Gasteiger partial charge < -0.3 is 5.11 Å². The number of carbonyl (C=O) groups is 1. The second kappa shape index (κ2) is 4.80. The molecule has 0 heterocycles. The second-order valence-electron chi connectivity index (χ2n) is 1.32. The normalized spacial score (nSPS) is 12.3. The number of aliphatic carboxylic acids is 1. The third-order valence-electron chi connectivity index (χ3n) is 0.586. The quantitative estimate of drug-likeness (QED) is 0.610. The maximum Gasteiger partial charge on any atom is 0.517 e. The van der Waals surface area contributed by atoms with Gasteiger partial charge in [-0.2, -0.15) is 4.89 Å². The van der Waals surface area contributed by atoms with E-state index in [0.29, 0.717) is 6.16 Å². The molecule has 0 aromatic heterocycles. The van der Waals surface area contributed by atoms with Crippen molar-refractivity contribution in [3.8, 4) is 0 Å². The van der Waals surface area contributed by atoms with Crippen molar-refractivity contribution < 1.29 is 19.4 Å². The highest BCUT2D eigenvalue weighted by Crippen LogP contribution is 2.40. The van der Waals surface area contributed by atoms with Crippen LogP contribution < -0.4 is 0 Å². The second-order valence-corrected chi connectivity index (χ2v) is 4.78. The van der Waals surface area contributed by atoms with Crippen molar-refractivity contribution in [1.82, 2.24) is 0 Å². The van der Waals surface area contributed by atoms with Gasteiger partial charge in [0.05, 0.1) is 6.42 Å². The molecule has 0 aliphatic heterocycles. The minimum atomic E-state index is -2.12. The minimum absolute atomic E-state index is 0.0138. The van der Waals surface area contributed by atoms with Crippen molar-refractivity contribution in [3.05, 3.63) is 0 Å². The summed E-state index contributed by atoms with van der Waals surface area (Å²) in [6, 6.07) is 0. The molecule has 0 amide bonds. The van der Waals surface area contributed by atoms with Gasteiger partial charge in [-0.1, -0.05) is 0 Å². The monoisotopic (exact) mass is 169 g/mol. The van der Waals surface area contributed by atoms with E-state index in [2.05, 4.69) is 0 Å². The van der Waals surface area contributed by atoms with Gasteiger partial charge in [0.1, 0.15) is 0 Å². The molecule has 2 atom stereocenters. The molecule has 2 N–H and O–H groups in total. The Hall–Kier alpha value is -0.0400. The van der Waals surface area contributed by atoms with Crippen molar-refractivity contribution >= 4 is 22.0 Å². The predicted molar refractivity (Wildman–Crippen MR) is 35.3 cm³/mol. The van der Waals surface area contributed by atoms with Crippen molar-refractivity contribution in [2.45, 2.75) is 6.42 Å². The first-order valence-electron chi connectivity index (χ1n) is 2.24. The minimum Gasteiger partial charge on any atom is -0.481 e. The number of hydrogen-bond acceptors (Lipinski definition) is 2. The maximum atomic E-state index is 9.95. The molecule has 0 aromatic rings. The zero-order chi connectivity index (χ0) is 7.28. The Kier molecular flexibility index (Phi) is 4.78. The molecule has 0 aliphatic rings. The Morgan fingerprint density at radius 3 is 2.56 bits per heavy atom. The summed E-state index contributed by atoms with van der Waals surface area (Å²) >= 11 is 0. The lowest BCUT2D eigenvalue weighted by Gasteiger charge is -1.82. The van der Waals surface area contributed by atoms with Gasteiger partial charge in [0.2, 0.25) is 0 Å². The third kappa shape index (κ3) is 7.96. The zero-order valence-electron chi connectivity index (χ0n) is 4.57. The van der Waals surface area contributed by atoms with Crippen LogP contribution in [0.5, 0.6) is 0 Å². The molecule has 0 rings (SSSR count). The average molecular weight is 169 g/mol. The van der Waals surface area contributed by atoms with E-state index in [1.54, 1.807) is 0 Å². The van der Waals surface area contributed by atoms with E-state index < -0.39 is 13.7 Å². The fourth-order valence-corrected chi connectivity index (χ4v) is 1.68. The van der Waals surface area contributed by atoms with Crippen molar-refractivity contribution in [1.29, 1.82) is 0 Å². The highest BCUT2D eigenvalue weighted by atomic mass is 32.0. The SMILES string of the molecule is O=C(O)CCP[P+](=O)O. The van der Waals surface area contributed by atoms with E-state index >= 15 is 0 Å². The molecule has 6 heteroatoms. The van der Waals surface area contributed by atoms with Crippen LogP contribution in [0.25, 0.3) is 0 Å². The Balaban J connectivity index is 3.10. The highest BCUT2D eigenvalue weighted by molar-refractivity contribution is 8.12. The zero-order valence-corrected chi connectivity index (χ0v) is 6.47. The Bertz CT molecular complexity index is 109. The smallest absolute Gasteiger partial charge is 0.481 e. The maximum absolute atomic E-state index is 9.95. The summed E-state index contributed by atoms with van der Waals surface area (Å²) in [6.45, 7) is 0. The molecule has 0 radical (unpaired) electrons. The molecule has 0 aliphatic carbocycles. The number of rotatable bonds is 4. The van der Waals surface area contributed by atoms with E-state index in [0.717, 1.165) is 0 Å². The summed E-state index contributed by atoms with van der Waals surface area (Å²) < 4.78 is 9.95. The molecule has 0 saturated heterocycles. The summed E-state index contributed by atoms with van der Waals surface area (Å²) in [7, 11) is -2.25. The fourth-order valence-electron chi connectivity index (χ4n) is 0.258. The standard InChI is InChI=1S/C3H6O4P2/c4-3(5)1-2-8-9(6)7/h8H,1-2H2,(H-,4,5,6,7)/p+1. The Morgan fingerprint density at radius 2 is 2.22 bits per heavy atom. The first kappa shape index (κ1) is 8.96. The molecular formula is C3H7O4P2+. The molecule has 0 fully saturated rings. The highest BCUT2D eigenvalue weighted by Gasteiger charge is 2.10. The van der Waals surface area contributed by atoms with Crippen LogP contribution >= 0.6 is 16.0 Å². The van der Waals surface area contributed by atoms with Gasteiger partial charge in [-0.05, 0) is 4.57 Å². The lowest BCUT2D eigenvalue weighted by molar-refractivity contribution is -0.136. The fraction of sp³-hybridized carbons (Fsp3) is 0.667. The molecular weight excluding hydrogens is 162 g/mol. The number of carboxylic acids is 1. The molecule has 0 saturated carbocycles. The predicted octanol–water partition coefficient (Wildman–Crippen LogP) is 0.789. The van der Waals surface area contributed by atoms with Gasteiger partial charge in [0.25, 0.3) is 0 Å². The number of carboxylic acid groups (broad SMARTS) is 1. The van der Waals surface area contributed by atoms with E-state index in [9.17, 15) is 9.36 Å². The molecule has 2 unspecified atom stereocenters. The van der Waals surface area contributed by atoms with Gasteiger partial charge in [-0.15, -0.1) is 0 Å². The van der Waals surface area contributed by atoms with Crippen LogP contribution in [0.1, 0.15) is 6.42 Å². The van der Waals surface area contributed by atoms with Crippen LogP contribution in [-0.4, -0.2) is 22.1 Å². The first-order valence-corrected chi connectivity index (χ1v) is 5.50. The van der Waals surface area contributed by atoms with Crippen LogP contribution in [0.15, 0.2) is 0 Å². The topological polar surface area (TPSA) is 74.6 Å². The van der Waals surface area contributed by atoms with E-state index in [1.807, 2.05) is 0 Å². The van der Waals surface area contributed by atoms with Crippen LogP contribution in [0.2, 0.25) is 0 Å². The molecule has 0 aromatic carbocycles. The lowest BCUT2D eigenvalue weighted by atomic mass is 10.5. The lowest BCUT2D eigenvalue weighted by Crippen LogP contribution is -1.93. The van der Waals surface area contributed by atoms with E-state index in [4.69, 9.17) is 10.00 Å². The molecule has 0 spiro atoms. The largest absolute Gasteiger partial charge is 0.517 e. The summed E-state index contributed by atoms with van der Waals surface area (Å²) in [4.78, 5) is 18.0. The van der Waals surface area contributed by atoms with Gasteiger partial charge >= 0.3 is 13.7 Å². The molecule has 52 valence electrons. The summed E-state index contributed by atoms with van der Waals surface area (Å²) in [5.74, 6) is -0.917. The van der Waals surface area contributed by atoms with Crippen LogP contribution in [0, 0.1) is 0 Å². The Labute approximate surface area is 54.8 Å². The van der Waals surface area contributed by atoms with E-state index in [1.165, 1.54) is 0 Å². The third-order valence-corrected chi connectivity index (χ3v) is 2.81. The summed E-state index contributed by atoms with van der Waals surface area (Å²) in [5.41, 5.74) is 0. The molecule has 4 nitrogen and oxygen atoms in total. The van der Waals surface area contributed by atoms with Crippen LogP contribution in [0.3, 0.4) is 0 Å². The van der Waals surface area contributed by atoms with Crippen molar-refractivity contribution in [2.75, 3.05) is 6.16 Å². The van der Waals surface area contributed by atoms with Gasteiger partial charge in [-0.3, -0.25) is 4.79 Å². The van der Waals surface area contributed by atoms with Crippen molar-refractivity contribution in [3.63, 3.8) is 0 Å². The van der Waals surface area contributed by atoms with Gasteiger partial charge in [0, 0.05) is 6.16 Å². The summed E-state index contributed by atoms with van der Waals surface area (Å²) in [5, 5.41) is 8.05. The average Bonchev–Trinajstić information content (AvgIpc) is 1.63. The van der Waals surface area contributed by atoms with Gasteiger partial charge in [-0.25, -0.2) is 0 Å². The van der Waals surface area contributed by atoms with Crippen LogP contribution in [-0.2, 0) is 9.36 Å².